The van der Waals surface area contributed by atoms with Gasteiger partial charge in [-0.1, -0.05) is 23.2 Å². The van der Waals surface area contributed by atoms with Gasteiger partial charge in [0.25, 0.3) is 0 Å². The molecule has 0 aliphatic carbocycles. The van der Waals surface area contributed by atoms with E-state index >= 15 is 0 Å². The first-order valence-electron chi connectivity index (χ1n) is 5.77. The van der Waals surface area contributed by atoms with Crippen molar-refractivity contribution < 1.29 is 14.3 Å². The number of pyridine rings is 1. The van der Waals surface area contributed by atoms with Crippen LogP contribution in [0.4, 0.5) is 4.39 Å². The summed E-state index contributed by atoms with van der Waals surface area (Å²) in [5, 5.41) is 17.4. The highest BCUT2D eigenvalue weighted by Gasteiger charge is 2.19. The largest absolute Gasteiger partial charge is 0.482 e. The number of nitrogens with zero attached hydrogens (tertiary/aromatic N) is 1. The van der Waals surface area contributed by atoms with Crippen molar-refractivity contribution in [1.29, 1.82) is 5.41 Å². The summed E-state index contributed by atoms with van der Waals surface area (Å²) in [5.41, 5.74) is 0.0240. The highest BCUT2D eigenvalue weighted by molar-refractivity contribution is 9.10. The number of hydrogen-bond acceptors (Lipinski definition) is 3. The zero-order valence-corrected chi connectivity index (χ0v) is 13.8. The van der Waals surface area contributed by atoms with Crippen LogP contribution >= 0.6 is 39.1 Å². The van der Waals surface area contributed by atoms with Crippen molar-refractivity contribution in [2.75, 3.05) is 0 Å². The molecule has 0 bridgehead atoms. The Labute approximate surface area is 138 Å². The van der Waals surface area contributed by atoms with Crippen LogP contribution in [-0.4, -0.2) is 9.94 Å². The molecule has 0 aliphatic rings. The number of ether oxygens (including phenoxy) is 1. The Hall–Kier alpha value is -1.24. The molecule has 1 unspecified atom stereocenters. The summed E-state index contributed by atoms with van der Waals surface area (Å²) in [6, 6.07) is 4.05. The smallest absolute Gasteiger partial charge is 0.203 e. The third-order valence-corrected chi connectivity index (χ3v) is 3.91. The minimum atomic E-state index is -0.709. The van der Waals surface area contributed by atoms with Crippen LogP contribution in [0.2, 0.25) is 10.0 Å². The summed E-state index contributed by atoms with van der Waals surface area (Å²) < 4.78 is 20.2. The first-order valence-corrected chi connectivity index (χ1v) is 7.32. The number of benzene rings is 1. The summed E-state index contributed by atoms with van der Waals surface area (Å²) in [6.45, 7) is 1.62. The molecule has 0 aliphatic heterocycles. The van der Waals surface area contributed by atoms with E-state index in [1.54, 1.807) is 6.92 Å². The van der Waals surface area contributed by atoms with Gasteiger partial charge in [0.05, 0.1) is 11.2 Å². The van der Waals surface area contributed by atoms with Crippen molar-refractivity contribution in [2.24, 2.45) is 0 Å². The van der Waals surface area contributed by atoms with Gasteiger partial charge in [-0.05, 0) is 41.1 Å². The van der Waals surface area contributed by atoms with E-state index in [1.165, 1.54) is 18.3 Å². The topological polar surface area (TPSA) is 58.2 Å². The van der Waals surface area contributed by atoms with E-state index in [2.05, 4.69) is 15.9 Å². The third-order valence-electron chi connectivity index (χ3n) is 2.77. The predicted molar refractivity (Wildman–Crippen MR) is 80.6 cm³/mol. The van der Waals surface area contributed by atoms with Gasteiger partial charge in [0, 0.05) is 15.1 Å². The lowest BCUT2D eigenvalue weighted by molar-refractivity contribution is 0.154. The Kier molecular flexibility index (Phi) is 4.81. The zero-order chi connectivity index (χ0) is 15.7. The van der Waals surface area contributed by atoms with Crippen molar-refractivity contribution in [1.82, 2.24) is 4.73 Å². The highest BCUT2D eigenvalue weighted by atomic mass is 79.9. The van der Waals surface area contributed by atoms with E-state index in [4.69, 9.17) is 33.3 Å². The minimum absolute atomic E-state index is 0.0933. The van der Waals surface area contributed by atoms with Crippen molar-refractivity contribution in [3.05, 3.63) is 55.8 Å². The van der Waals surface area contributed by atoms with E-state index in [0.29, 0.717) is 9.20 Å². The Bertz CT molecular complexity index is 752. The summed E-state index contributed by atoms with van der Waals surface area (Å²) >= 11 is 15.1. The maximum Gasteiger partial charge on any atom is 0.203 e. The predicted octanol–water partition coefficient (Wildman–Crippen LogP) is 4.55. The number of aromatic nitrogens is 1. The standard InChI is InChI=1S/C13H10BrCl2FN2O2/c1-6(11-8(15)2-3-9(17)12(11)16)21-10-4-7(14)5-19(20)13(10)18/h2-6,18,20H,1H3. The maximum absolute atomic E-state index is 13.5. The maximum atomic E-state index is 13.5. The van der Waals surface area contributed by atoms with Crippen LogP contribution in [-0.2, 0) is 0 Å². The van der Waals surface area contributed by atoms with E-state index in [-0.39, 0.29) is 26.8 Å². The first kappa shape index (κ1) is 16.1. The van der Waals surface area contributed by atoms with E-state index in [9.17, 15) is 9.60 Å². The number of halogens is 4. The summed E-state index contributed by atoms with van der Waals surface area (Å²) in [7, 11) is 0. The molecule has 1 aromatic carbocycles. The van der Waals surface area contributed by atoms with Crippen LogP contribution in [0.5, 0.6) is 5.75 Å². The fraction of sp³-hybridized carbons (Fsp3) is 0.154. The lowest BCUT2D eigenvalue weighted by Crippen LogP contribution is -2.21. The van der Waals surface area contributed by atoms with Gasteiger partial charge >= 0.3 is 0 Å². The van der Waals surface area contributed by atoms with Gasteiger partial charge in [0.1, 0.15) is 11.9 Å². The van der Waals surface area contributed by atoms with Gasteiger partial charge in [-0.25, -0.2) is 4.39 Å². The molecule has 112 valence electrons. The molecule has 1 atom stereocenters. The molecule has 1 aromatic heterocycles. The fourth-order valence-corrected chi connectivity index (χ4v) is 2.86. The number of nitrogens with one attached hydrogen (secondary N) is 1. The van der Waals surface area contributed by atoms with Gasteiger partial charge < -0.3 is 9.94 Å². The average Bonchev–Trinajstić information content (AvgIpc) is 2.40. The summed E-state index contributed by atoms with van der Waals surface area (Å²) in [5.74, 6) is -0.514. The Morgan fingerprint density at radius 1 is 1.43 bits per heavy atom. The molecule has 0 saturated carbocycles. The van der Waals surface area contributed by atoms with Crippen LogP contribution in [0.15, 0.2) is 28.9 Å². The first-order chi connectivity index (χ1) is 9.81. The van der Waals surface area contributed by atoms with Crippen LogP contribution in [0.3, 0.4) is 0 Å². The molecule has 2 aromatic rings. The Balaban J connectivity index is 2.42. The quantitative estimate of drug-likeness (QED) is 0.591. The monoisotopic (exact) mass is 394 g/mol. The number of hydrogen-bond donors (Lipinski definition) is 2. The Morgan fingerprint density at radius 3 is 2.76 bits per heavy atom. The van der Waals surface area contributed by atoms with Crippen LogP contribution in [0, 0.1) is 11.2 Å². The molecular weight excluding hydrogens is 386 g/mol. The normalized spacial score (nSPS) is 12.2. The van der Waals surface area contributed by atoms with Crippen molar-refractivity contribution in [2.45, 2.75) is 13.0 Å². The lowest BCUT2D eigenvalue weighted by Gasteiger charge is -2.18. The molecule has 8 heteroatoms. The second kappa shape index (κ2) is 6.25. The molecule has 0 amide bonds. The Morgan fingerprint density at radius 2 is 2.10 bits per heavy atom. The molecule has 2 N–H and O–H groups in total. The molecule has 1 heterocycles. The van der Waals surface area contributed by atoms with Crippen LogP contribution in [0.1, 0.15) is 18.6 Å². The summed E-state index contributed by atoms with van der Waals surface area (Å²) in [4.78, 5) is 0. The van der Waals surface area contributed by atoms with E-state index in [1.807, 2.05) is 0 Å². The van der Waals surface area contributed by atoms with Gasteiger partial charge in [0.2, 0.25) is 5.49 Å². The molecular formula is C13H10BrCl2FN2O2. The second-order valence-corrected chi connectivity index (χ2v) is 5.93. The molecule has 0 spiro atoms. The fourth-order valence-electron chi connectivity index (χ4n) is 1.78. The molecule has 0 fully saturated rings. The van der Waals surface area contributed by atoms with Gasteiger partial charge in [-0.3, -0.25) is 5.41 Å². The van der Waals surface area contributed by atoms with E-state index in [0.717, 1.165) is 6.07 Å². The van der Waals surface area contributed by atoms with Gasteiger partial charge in [-0.15, -0.1) is 0 Å². The van der Waals surface area contributed by atoms with E-state index < -0.39 is 11.9 Å². The number of rotatable bonds is 3. The third kappa shape index (κ3) is 3.33. The molecule has 4 nitrogen and oxygen atoms in total. The molecule has 2 rings (SSSR count). The second-order valence-electron chi connectivity index (χ2n) is 4.23. The van der Waals surface area contributed by atoms with Crippen molar-refractivity contribution in [3.8, 4) is 5.75 Å². The average molecular weight is 396 g/mol. The van der Waals surface area contributed by atoms with Crippen molar-refractivity contribution >= 4 is 39.1 Å². The van der Waals surface area contributed by atoms with Crippen LogP contribution < -0.4 is 10.2 Å². The zero-order valence-electron chi connectivity index (χ0n) is 10.7. The highest BCUT2D eigenvalue weighted by Crippen LogP contribution is 2.34. The SMILES string of the molecule is CC(Oc1cc(Br)cn(O)c1=N)c1c(Cl)ccc(F)c1Cl. The van der Waals surface area contributed by atoms with Gasteiger partial charge in [-0.2, -0.15) is 4.73 Å². The lowest BCUT2D eigenvalue weighted by atomic mass is 10.1. The van der Waals surface area contributed by atoms with Crippen molar-refractivity contribution in [3.63, 3.8) is 0 Å². The molecule has 0 saturated heterocycles. The summed E-state index contributed by atoms with van der Waals surface area (Å²) in [6.07, 6.45) is 0.584. The molecule has 21 heavy (non-hydrogen) atoms. The molecule has 0 radical (unpaired) electrons. The van der Waals surface area contributed by atoms with Gasteiger partial charge in [0.15, 0.2) is 5.75 Å². The minimum Gasteiger partial charge on any atom is -0.482 e. The van der Waals surface area contributed by atoms with Crippen LogP contribution in [0.25, 0.3) is 0 Å².